The van der Waals surface area contributed by atoms with Crippen LogP contribution in [-0.2, 0) is 22.4 Å². The van der Waals surface area contributed by atoms with E-state index in [1.807, 2.05) is 32.9 Å². The summed E-state index contributed by atoms with van der Waals surface area (Å²) in [5.41, 5.74) is 2.78. The standard InChI is InChI=1S/C41H38O10/c1-21(2)18-29-20-26(7-5-6-22(3)8-17-30-31(44)19-23(4)32(36(30)45)41(49)50)40(51-29)35-33(24-9-13-27(42)14-10-24)38(47)39(48)34(37(35)46)25-11-15-28(43)16-12-25/h8-16,18-20,42-46H,5-7,17H2,1-4H3,(H,49,50)/b22-8+. The first-order chi connectivity index (χ1) is 24.2. The molecule has 10 nitrogen and oxygen atoms in total. The maximum absolute atomic E-state index is 13.9. The average Bonchev–Trinajstić information content (AvgIpc) is 3.44. The summed E-state index contributed by atoms with van der Waals surface area (Å²) in [6.45, 7) is 7.16. The Kier molecular flexibility index (Phi) is 10.4. The molecule has 0 amide bonds. The molecule has 0 atom stereocenters. The molecule has 1 aliphatic carbocycles. The number of Topliss-reactive ketones (excluding diaryl/α,β-unsaturated/α-hetero) is 2. The van der Waals surface area contributed by atoms with E-state index in [4.69, 9.17) is 4.42 Å². The number of carboxylic acid groups (broad SMARTS) is 1. The number of aliphatic hydroxyl groups excluding tert-OH is 1. The molecule has 1 aliphatic rings. The van der Waals surface area contributed by atoms with Gasteiger partial charge in [0.1, 0.15) is 45.8 Å². The van der Waals surface area contributed by atoms with Gasteiger partial charge in [-0.15, -0.1) is 0 Å². The molecule has 0 fully saturated rings. The van der Waals surface area contributed by atoms with E-state index in [1.165, 1.54) is 61.5 Å². The Bertz CT molecular complexity index is 2170. The van der Waals surface area contributed by atoms with E-state index in [2.05, 4.69) is 0 Å². The van der Waals surface area contributed by atoms with Crippen molar-refractivity contribution < 1.29 is 49.4 Å². The van der Waals surface area contributed by atoms with E-state index >= 15 is 0 Å². The van der Waals surface area contributed by atoms with Crippen molar-refractivity contribution in [1.29, 1.82) is 0 Å². The van der Waals surface area contributed by atoms with Gasteiger partial charge in [-0.05, 0) is 118 Å². The van der Waals surface area contributed by atoms with Crippen LogP contribution < -0.4 is 0 Å². The third-order valence-corrected chi connectivity index (χ3v) is 8.65. The highest BCUT2D eigenvalue weighted by Gasteiger charge is 2.39. The Balaban J connectivity index is 1.55. The smallest absolute Gasteiger partial charge is 0.339 e. The van der Waals surface area contributed by atoms with Crippen LogP contribution in [0.4, 0.5) is 0 Å². The summed E-state index contributed by atoms with van der Waals surface area (Å²) in [5, 5.41) is 62.2. The van der Waals surface area contributed by atoms with Crippen molar-refractivity contribution in [3.63, 3.8) is 0 Å². The lowest BCUT2D eigenvalue weighted by Crippen LogP contribution is -2.24. The number of rotatable bonds is 11. The molecule has 6 N–H and O–H groups in total. The molecule has 10 heteroatoms. The van der Waals surface area contributed by atoms with Crippen LogP contribution in [0.2, 0.25) is 0 Å². The lowest BCUT2D eigenvalue weighted by Gasteiger charge is -2.22. The number of benzene rings is 3. The minimum Gasteiger partial charge on any atom is -0.508 e. The van der Waals surface area contributed by atoms with E-state index in [0.29, 0.717) is 30.6 Å². The second-order valence-electron chi connectivity index (χ2n) is 12.8. The number of carbonyl (C=O) groups excluding carboxylic acids is 2. The zero-order valence-electron chi connectivity index (χ0n) is 28.6. The monoisotopic (exact) mass is 690 g/mol. The number of furan rings is 1. The second kappa shape index (κ2) is 14.7. The fourth-order valence-electron chi connectivity index (χ4n) is 6.15. The first-order valence-electron chi connectivity index (χ1n) is 16.2. The Labute approximate surface area is 294 Å². The molecule has 0 bridgehead atoms. The molecule has 51 heavy (non-hydrogen) atoms. The summed E-state index contributed by atoms with van der Waals surface area (Å²) in [6, 6.07) is 14.4. The van der Waals surface area contributed by atoms with Crippen molar-refractivity contribution in [2.75, 3.05) is 0 Å². The molecule has 0 saturated carbocycles. The van der Waals surface area contributed by atoms with E-state index < -0.39 is 29.0 Å². The predicted octanol–water partition coefficient (Wildman–Crippen LogP) is 8.08. The molecule has 0 radical (unpaired) electrons. The topological polar surface area (TPSA) is 186 Å². The fourth-order valence-corrected chi connectivity index (χ4v) is 6.15. The fraction of sp³-hybridized carbons (Fsp3) is 0.195. The maximum atomic E-state index is 13.9. The minimum absolute atomic E-state index is 0.0172. The van der Waals surface area contributed by atoms with Crippen molar-refractivity contribution in [2.45, 2.75) is 53.4 Å². The zero-order chi connectivity index (χ0) is 37.1. The largest absolute Gasteiger partial charge is 0.508 e. The van der Waals surface area contributed by atoms with Gasteiger partial charge in [-0.3, -0.25) is 9.59 Å². The van der Waals surface area contributed by atoms with Gasteiger partial charge in [-0.25, -0.2) is 4.79 Å². The van der Waals surface area contributed by atoms with Crippen LogP contribution in [0.15, 0.2) is 88.1 Å². The summed E-state index contributed by atoms with van der Waals surface area (Å²) < 4.78 is 6.33. The quantitative estimate of drug-likeness (QED) is 0.0510. The highest BCUT2D eigenvalue weighted by atomic mass is 16.4. The summed E-state index contributed by atoms with van der Waals surface area (Å²) in [6.07, 6.45) is 5.26. The summed E-state index contributed by atoms with van der Waals surface area (Å²) in [4.78, 5) is 39.1. The number of aromatic hydroxyl groups is 4. The number of allylic oxidation sites excluding steroid dienone is 6. The normalized spacial score (nSPS) is 13.6. The van der Waals surface area contributed by atoms with E-state index in [1.54, 1.807) is 6.08 Å². The van der Waals surface area contributed by atoms with Gasteiger partial charge in [0.25, 0.3) is 0 Å². The van der Waals surface area contributed by atoms with Gasteiger partial charge in [0.05, 0.1) is 11.1 Å². The number of hydrogen-bond donors (Lipinski definition) is 6. The molecule has 262 valence electrons. The summed E-state index contributed by atoms with van der Waals surface area (Å²) in [5.74, 6) is -3.71. The predicted molar refractivity (Wildman–Crippen MR) is 192 cm³/mol. The van der Waals surface area contributed by atoms with Crippen LogP contribution in [0.1, 0.15) is 83.3 Å². The van der Waals surface area contributed by atoms with Crippen LogP contribution in [0.5, 0.6) is 23.0 Å². The molecule has 5 rings (SSSR count). The van der Waals surface area contributed by atoms with E-state index in [0.717, 1.165) is 11.1 Å². The number of ketones is 2. The highest BCUT2D eigenvalue weighted by Crippen LogP contribution is 2.43. The highest BCUT2D eigenvalue weighted by molar-refractivity contribution is 6.69. The third-order valence-electron chi connectivity index (χ3n) is 8.65. The first kappa shape index (κ1) is 36.0. The molecule has 0 saturated heterocycles. The van der Waals surface area contributed by atoms with Crippen LogP contribution in [0.3, 0.4) is 0 Å². The molecular weight excluding hydrogens is 652 g/mol. The number of carboxylic acids is 1. The van der Waals surface area contributed by atoms with Gasteiger partial charge >= 0.3 is 5.97 Å². The van der Waals surface area contributed by atoms with Crippen molar-refractivity contribution in [2.24, 2.45) is 0 Å². The van der Waals surface area contributed by atoms with Crippen molar-refractivity contribution in [3.8, 4) is 23.0 Å². The Morgan fingerprint density at radius 3 is 1.92 bits per heavy atom. The van der Waals surface area contributed by atoms with Crippen molar-refractivity contribution in [1.82, 2.24) is 0 Å². The summed E-state index contributed by atoms with van der Waals surface area (Å²) >= 11 is 0. The van der Waals surface area contributed by atoms with Crippen LogP contribution >= 0.6 is 0 Å². The average molecular weight is 691 g/mol. The third kappa shape index (κ3) is 7.50. The summed E-state index contributed by atoms with van der Waals surface area (Å²) in [7, 11) is 0. The van der Waals surface area contributed by atoms with E-state index in [9.17, 15) is 45.0 Å². The zero-order valence-corrected chi connectivity index (χ0v) is 28.6. The van der Waals surface area contributed by atoms with Gasteiger partial charge in [0, 0.05) is 11.1 Å². The number of aryl methyl sites for hydroxylation is 2. The Hall–Kier alpha value is -6.29. The van der Waals surface area contributed by atoms with Crippen molar-refractivity contribution >= 4 is 40.3 Å². The van der Waals surface area contributed by atoms with Crippen LogP contribution in [0.25, 0.3) is 22.8 Å². The van der Waals surface area contributed by atoms with Crippen LogP contribution in [0, 0.1) is 6.92 Å². The number of phenols is 4. The molecular formula is C41H38O10. The molecule has 0 spiro atoms. The Morgan fingerprint density at radius 2 is 1.35 bits per heavy atom. The number of carbonyl (C=O) groups is 3. The van der Waals surface area contributed by atoms with Gasteiger partial charge in [0.15, 0.2) is 0 Å². The Morgan fingerprint density at radius 1 is 0.784 bits per heavy atom. The lowest BCUT2D eigenvalue weighted by atomic mass is 9.80. The number of hydrogen-bond acceptors (Lipinski definition) is 9. The van der Waals surface area contributed by atoms with Gasteiger partial charge < -0.3 is 35.1 Å². The lowest BCUT2D eigenvalue weighted by molar-refractivity contribution is -0.129. The van der Waals surface area contributed by atoms with Crippen molar-refractivity contribution in [3.05, 3.63) is 129 Å². The van der Waals surface area contributed by atoms with Gasteiger partial charge in [-0.1, -0.05) is 41.5 Å². The van der Waals surface area contributed by atoms with E-state index in [-0.39, 0.29) is 74.0 Å². The number of aliphatic hydroxyl groups is 1. The van der Waals surface area contributed by atoms with Gasteiger partial charge in [0.2, 0.25) is 11.6 Å². The number of phenolic OH excluding ortho intramolecular Hbond substituents is 3. The van der Waals surface area contributed by atoms with Gasteiger partial charge in [-0.2, -0.15) is 0 Å². The first-order valence-corrected chi connectivity index (χ1v) is 16.2. The molecule has 1 heterocycles. The molecule has 0 unspecified atom stereocenters. The second-order valence-corrected chi connectivity index (χ2v) is 12.8. The maximum Gasteiger partial charge on any atom is 0.339 e. The molecule has 3 aromatic carbocycles. The molecule has 4 aromatic rings. The minimum atomic E-state index is -1.29. The SMILES string of the molecule is CC(C)=Cc1cc(CCC/C(C)=C/Cc2c(O)cc(C)c(C(=O)O)c2O)c(C2=C(c3ccc(O)cc3)C(=O)C(=O)C(c3ccc(O)cc3)=C2O)o1. The number of aromatic carboxylic acids is 1. The molecule has 1 aromatic heterocycles. The van der Waals surface area contributed by atoms with Crippen LogP contribution in [-0.4, -0.2) is 48.2 Å². The molecule has 0 aliphatic heterocycles.